The number of thioether (sulfide) groups is 1. The summed E-state index contributed by atoms with van der Waals surface area (Å²) in [5.41, 5.74) is 0.374. The molecule has 0 rings (SSSR count). The average molecular weight is 254 g/mol. The molecule has 0 aromatic heterocycles. The third kappa shape index (κ3) is 9.92. The molecule has 0 fully saturated rings. The summed E-state index contributed by atoms with van der Waals surface area (Å²) in [4.78, 5) is 10.9. The van der Waals surface area contributed by atoms with E-state index in [1.54, 1.807) is 6.92 Å². The minimum absolute atomic E-state index is 0.197. The lowest BCUT2D eigenvalue weighted by Gasteiger charge is -2.03. The second kappa shape index (κ2) is 8.90. The summed E-state index contributed by atoms with van der Waals surface area (Å²) >= 11 is -0.725. The quantitative estimate of drug-likeness (QED) is 0.301. The molecule has 0 radical (unpaired) electrons. The van der Waals surface area contributed by atoms with Gasteiger partial charge in [-0.3, -0.25) is 8.74 Å². The minimum Gasteiger partial charge on any atom is -0.461 e. The Labute approximate surface area is 95.7 Å². The van der Waals surface area contributed by atoms with Crippen LogP contribution in [0.25, 0.3) is 0 Å². The fourth-order valence-electron chi connectivity index (χ4n) is 0.583. The standard InChI is InChI=1S/C8H14O5S2/c1-7(2)8(9)12-3-5-14-6-4-13-15(10)11/h1,3-6H2,2H3,(H,10,11). The summed E-state index contributed by atoms with van der Waals surface area (Å²) in [7, 11) is 0. The lowest BCUT2D eigenvalue weighted by atomic mass is 10.4. The summed E-state index contributed by atoms with van der Waals surface area (Å²) in [6.45, 7) is 5.52. The van der Waals surface area contributed by atoms with Gasteiger partial charge in [0, 0.05) is 17.1 Å². The SMILES string of the molecule is C=C(C)C(=O)OCCSCCOS(=O)O. The van der Waals surface area contributed by atoms with Gasteiger partial charge in [0.1, 0.15) is 6.61 Å². The molecule has 0 saturated heterocycles. The van der Waals surface area contributed by atoms with E-state index in [-0.39, 0.29) is 6.61 Å². The van der Waals surface area contributed by atoms with Crippen LogP contribution in [0.5, 0.6) is 0 Å². The first-order chi connectivity index (χ1) is 7.04. The maximum Gasteiger partial charge on any atom is 0.333 e. The Morgan fingerprint density at radius 1 is 1.47 bits per heavy atom. The van der Waals surface area contributed by atoms with Crippen molar-refractivity contribution in [1.82, 2.24) is 0 Å². The Morgan fingerprint density at radius 3 is 2.60 bits per heavy atom. The lowest BCUT2D eigenvalue weighted by Crippen LogP contribution is -2.08. The maximum atomic E-state index is 10.9. The molecule has 0 saturated carbocycles. The summed E-state index contributed by atoms with van der Waals surface area (Å²) in [6, 6.07) is 0. The van der Waals surface area contributed by atoms with Crippen molar-refractivity contribution in [3.8, 4) is 0 Å². The first kappa shape index (κ1) is 14.6. The molecule has 15 heavy (non-hydrogen) atoms. The largest absolute Gasteiger partial charge is 0.461 e. The van der Waals surface area contributed by atoms with E-state index < -0.39 is 17.3 Å². The third-order valence-electron chi connectivity index (χ3n) is 1.22. The Kier molecular flexibility index (Phi) is 8.68. The van der Waals surface area contributed by atoms with Gasteiger partial charge in [0.25, 0.3) is 0 Å². The predicted molar refractivity (Wildman–Crippen MR) is 59.8 cm³/mol. The van der Waals surface area contributed by atoms with Crippen LogP contribution in [0.15, 0.2) is 12.2 Å². The van der Waals surface area contributed by atoms with Gasteiger partial charge in [0.15, 0.2) is 0 Å². The number of hydrogen-bond acceptors (Lipinski definition) is 5. The molecule has 0 aromatic carbocycles. The van der Waals surface area contributed by atoms with Gasteiger partial charge in [-0.1, -0.05) is 6.58 Å². The Bertz CT molecular complexity index is 241. The summed E-state index contributed by atoms with van der Waals surface area (Å²) in [5.74, 6) is 0.806. The van der Waals surface area contributed by atoms with Crippen molar-refractivity contribution in [3.05, 3.63) is 12.2 Å². The van der Waals surface area contributed by atoms with Crippen LogP contribution in [-0.4, -0.2) is 39.5 Å². The van der Waals surface area contributed by atoms with E-state index in [0.717, 1.165) is 0 Å². The fourth-order valence-corrected chi connectivity index (χ4v) is 1.52. The van der Waals surface area contributed by atoms with Crippen LogP contribution in [0.2, 0.25) is 0 Å². The Morgan fingerprint density at radius 2 is 2.07 bits per heavy atom. The molecule has 0 bridgehead atoms. The van der Waals surface area contributed by atoms with E-state index in [4.69, 9.17) is 9.29 Å². The Hall–Kier alpha value is -0.370. The van der Waals surface area contributed by atoms with Gasteiger partial charge in [0.2, 0.25) is 0 Å². The van der Waals surface area contributed by atoms with Crippen molar-refractivity contribution in [1.29, 1.82) is 0 Å². The number of esters is 1. The highest BCUT2D eigenvalue weighted by Gasteiger charge is 2.01. The highest BCUT2D eigenvalue weighted by Crippen LogP contribution is 2.01. The molecule has 88 valence electrons. The number of hydrogen-bond donors (Lipinski definition) is 1. The number of ether oxygens (including phenoxy) is 1. The molecular formula is C8H14O5S2. The molecule has 0 heterocycles. The molecular weight excluding hydrogens is 240 g/mol. The molecule has 1 atom stereocenters. The molecule has 0 aromatic rings. The van der Waals surface area contributed by atoms with Crippen molar-refractivity contribution in [2.24, 2.45) is 0 Å². The van der Waals surface area contributed by atoms with E-state index in [2.05, 4.69) is 10.8 Å². The summed E-state index contributed by atoms with van der Waals surface area (Å²) in [6.07, 6.45) is 0. The maximum absolute atomic E-state index is 10.9. The van der Waals surface area contributed by atoms with Crippen molar-refractivity contribution >= 4 is 29.1 Å². The lowest BCUT2D eigenvalue weighted by molar-refractivity contribution is -0.138. The van der Waals surface area contributed by atoms with Crippen molar-refractivity contribution in [3.63, 3.8) is 0 Å². The molecule has 0 spiro atoms. The molecule has 0 aliphatic carbocycles. The van der Waals surface area contributed by atoms with Gasteiger partial charge in [-0.25, -0.2) is 4.79 Å². The smallest absolute Gasteiger partial charge is 0.333 e. The summed E-state index contributed by atoms with van der Waals surface area (Å²) in [5, 5.41) is 0. The molecule has 0 aliphatic rings. The fraction of sp³-hybridized carbons (Fsp3) is 0.625. The van der Waals surface area contributed by atoms with E-state index in [1.807, 2.05) is 0 Å². The second-order valence-electron chi connectivity index (χ2n) is 2.57. The minimum atomic E-state index is -2.20. The van der Waals surface area contributed by atoms with Gasteiger partial charge in [0.05, 0.1) is 6.61 Å². The van der Waals surface area contributed by atoms with Crippen LogP contribution in [0.1, 0.15) is 6.92 Å². The zero-order chi connectivity index (χ0) is 11.7. The average Bonchev–Trinajstić information content (AvgIpc) is 2.15. The summed E-state index contributed by atoms with van der Waals surface area (Å²) < 4.78 is 27.5. The number of carbonyl (C=O) groups excluding carboxylic acids is 1. The van der Waals surface area contributed by atoms with Crippen molar-refractivity contribution < 1.29 is 22.5 Å². The van der Waals surface area contributed by atoms with Crippen LogP contribution in [-0.2, 0) is 25.1 Å². The first-order valence-electron chi connectivity index (χ1n) is 4.18. The van der Waals surface area contributed by atoms with E-state index >= 15 is 0 Å². The Balaban J connectivity index is 3.22. The molecule has 5 nitrogen and oxygen atoms in total. The van der Waals surface area contributed by atoms with Crippen LogP contribution in [0.3, 0.4) is 0 Å². The molecule has 1 N–H and O–H groups in total. The second-order valence-corrected chi connectivity index (χ2v) is 4.46. The zero-order valence-electron chi connectivity index (χ0n) is 8.43. The van der Waals surface area contributed by atoms with Gasteiger partial charge < -0.3 is 4.74 Å². The monoisotopic (exact) mass is 254 g/mol. The van der Waals surface area contributed by atoms with E-state index in [9.17, 15) is 9.00 Å². The van der Waals surface area contributed by atoms with Crippen molar-refractivity contribution in [2.75, 3.05) is 24.7 Å². The number of rotatable bonds is 8. The van der Waals surface area contributed by atoms with Gasteiger partial charge in [-0.15, -0.1) is 0 Å². The van der Waals surface area contributed by atoms with Crippen LogP contribution >= 0.6 is 11.8 Å². The third-order valence-corrected chi connectivity index (χ3v) is 2.50. The normalized spacial score (nSPS) is 12.1. The highest BCUT2D eigenvalue weighted by atomic mass is 32.2. The first-order valence-corrected chi connectivity index (χ1v) is 6.37. The van der Waals surface area contributed by atoms with E-state index in [1.165, 1.54) is 11.8 Å². The van der Waals surface area contributed by atoms with E-state index in [0.29, 0.717) is 23.7 Å². The topological polar surface area (TPSA) is 72.8 Å². The van der Waals surface area contributed by atoms with Gasteiger partial charge in [-0.05, 0) is 6.92 Å². The molecule has 0 amide bonds. The van der Waals surface area contributed by atoms with Crippen LogP contribution in [0.4, 0.5) is 0 Å². The van der Waals surface area contributed by atoms with Gasteiger partial charge in [-0.2, -0.15) is 16.0 Å². The molecule has 7 heteroatoms. The van der Waals surface area contributed by atoms with Crippen LogP contribution in [0, 0.1) is 0 Å². The van der Waals surface area contributed by atoms with Crippen LogP contribution < -0.4 is 0 Å². The molecule has 1 unspecified atom stereocenters. The zero-order valence-corrected chi connectivity index (χ0v) is 10.1. The predicted octanol–water partition coefficient (Wildman–Crippen LogP) is 0.992. The van der Waals surface area contributed by atoms with Crippen molar-refractivity contribution in [2.45, 2.75) is 6.92 Å². The molecule has 0 aliphatic heterocycles. The number of carbonyl (C=O) groups is 1. The van der Waals surface area contributed by atoms with Gasteiger partial charge >= 0.3 is 17.3 Å². The highest BCUT2D eigenvalue weighted by molar-refractivity contribution is 7.99.